The predicted molar refractivity (Wildman–Crippen MR) is 75.3 cm³/mol. The molecule has 0 fully saturated rings. The molecule has 0 saturated heterocycles. The minimum atomic E-state index is 0.750. The number of rotatable bonds is 4. The molecule has 3 heteroatoms. The molecule has 0 amide bonds. The van der Waals surface area contributed by atoms with Crippen LogP contribution in [0.2, 0.25) is 0 Å². The maximum Gasteiger partial charge on any atom is 0.213 e. The van der Waals surface area contributed by atoms with Crippen LogP contribution in [0.5, 0.6) is 5.88 Å². The Labute approximate surface area is 113 Å². The lowest BCUT2D eigenvalue weighted by Crippen LogP contribution is -2.09. The van der Waals surface area contributed by atoms with Gasteiger partial charge < -0.3 is 4.74 Å². The molecule has 19 heavy (non-hydrogen) atoms. The van der Waals surface area contributed by atoms with Gasteiger partial charge in [-0.25, -0.2) is 4.98 Å². The summed E-state index contributed by atoms with van der Waals surface area (Å²) >= 11 is 0. The zero-order chi connectivity index (χ0) is 13.1. The molecule has 0 saturated carbocycles. The normalized spacial score (nSPS) is 12.7. The molecule has 0 atom stereocenters. The number of hydrogen-bond acceptors (Lipinski definition) is 3. The summed E-state index contributed by atoms with van der Waals surface area (Å²) in [6.45, 7) is 2.91. The maximum absolute atomic E-state index is 5.67. The first-order valence-electron chi connectivity index (χ1n) is 6.95. The first-order chi connectivity index (χ1) is 9.38. The van der Waals surface area contributed by atoms with Crippen LogP contribution in [0.15, 0.2) is 30.5 Å². The van der Waals surface area contributed by atoms with Gasteiger partial charge in [0.25, 0.3) is 0 Å². The first kappa shape index (κ1) is 12.2. The van der Waals surface area contributed by atoms with Gasteiger partial charge in [-0.05, 0) is 31.4 Å². The summed E-state index contributed by atoms with van der Waals surface area (Å²) in [6, 6.07) is 8.19. The van der Waals surface area contributed by atoms with Crippen molar-refractivity contribution in [3.05, 3.63) is 41.9 Å². The second-order valence-corrected chi connectivity index (χ2v) is 4.84. The molecule has 0 bridgehead atoms. The van der Waals surface area contributed by atoms with Gasteiger partial charge in [-0.2, -0.15) is 0 Å². The van der Waals surface area contributed by atoms with Crippen molar-refractivity contribution in [3.8, 4) is 17.0 Å². The van der Waals surface area contributed by atoms with Gasteiger partial charge >= 0.3 is 0 Å². The van der Waals surface area contributed by atoms with Crippen LogP contribution in [0, 0.1) is 0 Å². The Hall–Kier alpha value is -1.90. The fourth-order valence-electron chi connectivity index (χ4n) is 2.44. The van der Waals surface area contributed by atoms with Crippen molar-refractivity contribution in [2.75, 3.05) is 6.61 Å². The maximum atomic E-state index is 5.67. The van der Waals surface area contributed by atoms with Crippen molar-refractivity contribution < 1.29 is 4.74 Å². The van der Waals surface area contributed by atoms with E-state index in [0.29, 0.717) is 0 Å². The molecule has 0 aromatic carbocycles. The monoisotopic (exact) mass is 254 g/mol. The number of hydrogen-bond donors (Lipinski definition) is 0. The van der Waals surface area contributed by atoms with Crippen LogP contribution in [0.3, 0.4) is 0 Å². The molecular weight excluding hydrogens is 236 g/mol. The van der Waals surface area contributed by atoms with E-state index in [0.717, 1.165) is 43.9 Å². The summed E-state index contributed by atoms with van der Waals surface area (Å²) in [6.07, 6.45) is 5.99. The lowest BCUT2D eigenvalue weighted by molar-refractivity contribution is 0.297. The van der Waals surface area contributed by atoms with Crippen LogP contribution in [0.1, 0.15) is 31.2 Å². The van der Waals surface area contributed by atoms with Gasteiger partial charge in [0.05, 0.1) is 12.3 Å². The summed E-state index contributed by atoms with van der Waals surface area (Å²) in [7, 11) is 0. The standard InChI is InChI=1S/C16H18N2O/c1-2-3-11-19-16-9-6-13-12-5-4-10-17-14(12)7-8-15(13)18-16/h4-6,9-10H,2-3,7-8,11H2,1H3. The SMILES string of the molecule is CCCCOc1ccc2c(n1)CCc1ncccc1-2. The molecule has 3 rings (SSSR count). The van der Waals surface area contributed by atoms with Crippen LogP contribution in [0.25, 0.3) is 11.1 Å². The molecule has 98 valence electrons. The van der Waals surface area contributed by atoms with Crippen LogP contribution in [-0.4, -0.2) is 16.6 Å². The van der Waals surface area contributed by atoms with E-state index in [1.807, 2.05) is 18.3 Å². The van der Waals surface area contributed by atoms with Gasteiger partial charge in [-0.1, -0.05) is 19.4 Å². The van der Waals surface area contributed by atoms with Crippen molar-refractivity contribution in [2.45, 2.75) is 32.6 Å². The van der Waals surface area contributed by atoms with E-state index >= 15 is 0 Å². The van der Waals surface area contributed by atoms with Gasteiger partial charge in [0.2, 0.25) is 5.88 Å². The van der Waals surface area contributed by atoms with E-state index in [4.69, 9.17) is 4.74 Å². The topological polar surface area (TPSA) is 35.0 Å². The van der Waals surface area contributed by atoms with Crippen LogP contribution in [-0.2, 0) is 12.8 Å². The summed E-state index contributed by atoms with van der Waals surface area (Å²) in [4.78, 5) is 9.08. The molecule has 3 nitrogen and oxygen atoms in total. The van der Waals surface area contributed by atoms with E-state index in [1.54, 1.807) is 0 Å². The highest BCUT2D eigenvalue weighted by atomic mass is 16.5. The molecule has 0 unspecified atom stereocenters. The molecule has 1 aliphatic carbocycles. The highest BCUT2D eigenvalue weighted by molar-refractivity contribution is 5.70. The number of ether oxygens (including phenoxy) is 1. The molecule has 0 N–H and O–H groups in total. The third-order valence-electron chi connectivity index (χ3n) is 3.48. The number of aryl methyl sites for hydroxylation is 2. The van der Waals surface area contributed by atoms with Crippen LogP contribution in [0.4, 0.5) is 0 Å². The average Bonchev–Trinajstić information content (AvgIpc) is 2.47. The smallest absolute Gasteiger partial charge is 0.213 e. The Balaban J connectivity index is 1.87. The van der Waals surface area contributed by atoms with E-state index in [9.17, 15) is 0 Å². The number of fused-ring (bicyclic) bond motifs is 3. The minimum absolute atomic E-state index is 0.750. The Bertz CT molecular complexity index is 581. The number of pyridine rings is 2. The minimum Gasteiger partial charge on any atom is -0.478 e. The van der Waals surface area contributed by atoms with Crippen molar-refractivity contribution in [2.24, 2.45) is 0 Å². The molecular formula is C16H18N2O. The van der Waals surface area contributed by atoms with Crippen molar-refractivity contribution in [1.29, 1.82) is 0 Å². The third-order valence-corrected chi connectivity index (χ3v) is 3.48. The fraction of sp³-hybridized carbons (Fsp3) is 0.375. The zero-order valence-electron chi connectivity index (χ0n) is 11.2. The van der Waals surface area contributed by atoms with Crippen LogP contribution < -0.4 is 4.74 Å². The van der Waals surface area contributed by atoms with E-state index in [-0.39, 0.29) is 0 Å². The Morgan fingerprint density at radius 2 is 1.95 bits per heavy atom. The molecule has 0 radical (unpaired) electrons. The Morgan fingerprint density at radius 3 is 2.84 bits per heavy atom. The molecule has 2 heterocycles. The number of aromatic nitrogens is 2. The second kappa shape index (κ2) is 5.39. The molecule has 0 aliphatic heterocycles. The Morgan fingerprint density at radius 1 is 1.11 bits per heavy atom. The number of nitrogens with zero attached hydrogens (tertiary/aromatic N) is 2. The van der Waals surface area contributed by atoms with Crippen molar-refractivity contribution in [1.82, 2.24) is 9.97 Å². The van der Waals surface area contributed by atoms with Gasteiger partial charge in [-0.15, -0.1) is 0 Å². The molecule has 2 aromatic heterocycles. The summed E-state index contributed by atoms with van der Waals surface area (Å²) in [5.41, 5.74) is 4.74. The first-order valence-corrected chi connectivity index (χ1v) is 6.95. The quantitative estimate of drug-likeness (QED) is 0.784. The van der Waals surface area contributed by atoms with Gasteiger partial charge in [0, 0.05) is 29.1 Å². The lowest BCUT2D eigenvalue weighted by Gasteiger charge is -2.18. The predicted octanol–water partition coefficient (Wildman–Crippen LogP) is 3.42. The summed E-state index contributed by atoms with van der Waals surface area (Å²) < 4.78 is 5.67. The summed E-state index contributed by atoms with van der Waals surface area (Å²) in [5, 5.41) is 0. The molecule has 2 aromatic rings. The fourth-order valence-corrected chi connectivity index (χ4v) is 2.44. The average molecular weight is 254 g/mol. The van der Waals surface area contributed by atoms with E-state index < -0.39 is 0 Å². The van der Waals surface area contributed by atoms with Gasteiger partial charge in [0.15, 0.2) is 0 Å². The molecule has 0 spiro atoms. The summed E-state index contributed by atoms with van der Waals surface area (Å²) in [5.74, 6) is 0.750. The van der Waals surface area contributed by atoms with E-state index in [2.05, 4.69) is 29.0 Å². The molecule has 1 aliphatic rings. The number of unbranched alkanes of at least 4 members (excludes halogenated alkanes) is 1. The highest BCUT2D eigenvalue weighted by Gasteiger charge is 2.18. The van der Waals surface area contributed by atoms with Gasteiger partial charge in [-0.3, -0.25) is 4.98 Å². The zero-order valence-corrected chi connectivity index (χ0v) is 11.2. The van der Waals surface area contributed by atoms with Crippen molar-refractivity contribution in [3.63, 3.8) is 0 Å². The largest absolute Gasteiger partial charge is 0.478 e. The second-order valence-electron chi connectivity index (χ2n) is 4.84. The third kappa shape index (κ3) is 2.46. The van der Waals surface area contributed by atoms with Crippen LogP contribution >= 0.6 is 0 Å². The van der Waals surface area contributed by atoms with E-state index in [1.165, 1.54) is 16.8 Å². The lowest BCUT2D eigenvalue weighted by atomic mass is 9.92. The van der Waals surface area contributed by atoms with Gasteiger partial charge in [0.1, 0.15) is 0 Å². The van der Waals surface area contributed by atoms with Crippen molar-refractivity contribution >= 4 is 0 Å². The highest BCUT2D eigenvalue weighted by Crippen LogP contribution is 2.32. The Kier molecular flexibility index (Phi) is 3.45.